The van der Waals surface area contributed by atoms with Crippen molar-refractivity contribution in [1.82, 2.24) is 5.32 Å². The van der Waals surface area contributed by atoms with Gasteiger partial charge in [-0.3, -0.25) is 4.79 Å². The molecule has 0 aliphatic carbocycles. The van der Waals surface area contributed by atoms with Crippen molar-refractivity contribution >= 4 is 5.91 Å². The van der Waals surface area contributed by atoms with Crippen molar-refractivity contribution in [3.8, 4) is 0 Å². The van der Waals surface area contributed by atoms with E-state index in [0.29, 0.717) is 12.8 Å². The fraction of sp³-hybridized carbons (Fsp3) is 0.852. The number of aliphatic hydroxyl groups excluding tert-OH is 2. The number of amides is 1. The minimum atomic E-state index is -0.657. The molecule has 0 aliphatic rings. The second-order valence-corrected chi connectivity index (χ2v) is 20.0. The third-order valence-corrected chi connectivity index (χ3v) is 13.6. The Balaban J connectivity index is 3.38. The third kappa shape index (κ3) is 53.2. The molecule has 3 N–H and O–H groups in total. The molecule has 0 saturated heterocycles. The van der Waals surface area contributed by atoms with Crippen LogP contribution in [0.15, 0.2) is 48.6 Å². The summed E-state index contributed by atoms with van der Waals surface area (Å²) >= 11 is 0. The molecular formula is C61H115NO3. The smallest absolute Gasteiger partial charge is 0.220 e. The van der Waals surface area contributed by atoms with Crippen molar-refractivity contribution in [3.63, 3.8) is 0 Å². The van der Waals surface area contributed by atoms with Crippen molar-refractivity contribution < 1.29 is 15.0 Å². The summed E-state index contributed by atoms with van der Waals surface area (Å²) < 4.78 is 0. The van der Waals surface area contributed by atoms with Gasteiger partial charge in [0.25, 0.3) is 0 Å². The van der Waals surface area contributed by atoms with E-state index < -0.39 is 12.1 Å². The Morgan fingerprint density at radius 3 is 1.02 bits per heavy atom. The Labute approximate surface area is 407 Å². The van der Waals surface area contributed by atoms with Crippen LogP contribution in [0.1, 0.15) is 316 Å². The zero-order chi connectivity index (χ0) is 47.0. The summed E-state index contributed by atoms with van der Waals surface area (Å²) in [7, 11) is 0. The van der Waals surface area contributed by atoms with Gasteiger partial charge in [0.2, 0.25) is 5.91 Å². The van der Waals surface area contributed by atoms with E-state index in [9.17, 15) is 15.0 Å². The van der Waals surface area contributed by atoms with E-state index in [1.165, 1.54) is 238 Å². The van der Waals surface area contributed by atoms with Crippen molar-refractivity contribution in [2.45, 2.75) is 328 Å². The van der Waals surface area contributed by atoms with Gasteiger partial charge in [-0.15, -0.1) is 0 Å². The predicted molar refractivity (Wildman–Crippen MR) is 290 cm³/mol. The summed E-state index contributed by atoms with van der Waals surface area (Å²) in [5, 5.41) is 23.3. The van der Waals surface area contributed by atoms with Crippen LogP contribution < -0.4 is 5.32 Å². The average molecular weight is 911 g/mol. The fourth-order valence-corrected chi connectivity index (χ4v) is 9.18. The maximum atomic E-state index is 12.5. The number of carbonyl (C=O) groups is 1. The first-order valence-corrected chi connectivity index (χ1v) is 29.3. The summed E-state index contributed by atoms with van der Waals surface area (Å²) in [4.78, 5) is 12.5. The molecule has 2 unspecified atom stereocenters. The van der Waals surface area contributed by atoms with Crippen LogP contribution in [0, 0.1) is 0 Å². The summed E-state index contributed by atoms with van der Waals surface area (Å²) in [6, 6.07) is -0.534. The van der Waals surface area contributed by atoms with Gasteiger partial charge in [0.1, 0.15) is 0 Å². The van der Waals surface area contributed by atoms with E-state index in [1.54, 1.807) is 0 Å². The highest BCUT2D eigenvalue weighted by molar-refractivity contribution is 5.76. The number of rotatable bonds is 54. The van der Waals surface area contributed by atoms with E-state index in [0.717, 1.165) is 51.4 Å². The Bertz CT molecular complexity index is 1030. The normalized spacial score (nSPS) is 13.1. The minimum absolute atomic E-state index is 0.0257. The average Bonchev–Trinajstić information content (AvgIpc) is 3.31. The SMILES string of the molecule is CC/C=C\C/C=C\C/C=C\C/C=C\CCCCCCCCCCCCCCCCCCCCCCCCCCC(=O)NC(CO)C(O)CCCCCCCCCCCCCCCCCC. The molecule has 382 valence electrons. The molecule has 0 fully saturated rings. The molecule has 0 bridgehead atoms. The zero-order valence-corrected chi connectivity index (χ0v) is 44.0. The number of nitrogens with one attached hydrogen (secondary N) is 1. The molecule has 0 aromatic heterocycles. The maximum absolute atomic E-state index is 12.5. The van der Waals surface area contributed by atoms with Gasteiger partial charge in [0.05, 0.1) is 18.8 Å². The number of unbranched alkanes of at least 4 members (excludes halogenated alkanes) is 39. The first-order chi connectivity index (χ1) is 32.2. The number of hydrogen-bond donors (Lipinski definition) is 3. The lowest BCUT2D eigenvalue weighted by Crippen LogP contribution is -2.45. The van der Waals surface area contributed by atoms with Crippen molar-refractivity contribution in [1.29, 1.82) is 0 Å². The van der Waals surface area contributed by atoms with Crippen molar-refractivity contribution in [2.75, 3.05) is 6.61 Å². The number of hydrogen-bond acceptors (Lipinski definition) is 3. The monoisotopic (exact) mass is 910 g/mol. The largest absolute Gasteiger partial charge is 0.394 e. The van der Waals surface area contributed by atoms with Gasteiger partial charge in [-0.1, -0.05) is 306 Å². The van der Waals surface area contributed by atoms with Crippen LogP contribution >= 0.6 is 0 Å². The molecule has 0 saturated carbocycles. The molecular weight excluding hydrogens is 795 g/mol. The lowest BCUT2D eigenvalue weighted by molar-refractivity contribution is -0.123. The second kappa shape index (κ2) is 56.7. The van der Waals surface area contributed by atoms with Gasteiger partial charge in [-0.25, -0.2) is 0 Å². The highest BCUT2D eigenvalue weighted by Crippen LogP contribution is 2.18. The molecule has 0 rings (SSSR count). The Hall–Kier alpha value is -1.65. The zero-order valence-electron chi connectivity index (χ0n) is 44.0. The van der Waals surface area contributed by atoms with Crippen LogP contribution in [0.3, 0.4) is 0 Å². The summed E-state index contributed by atoms with van der Waals surface area (Å²) in [5.74, 6) is -0.0257. The Morgan fingerprint density at radius 2 is 0.677 bits per heavy atom. The molecule has 0 aromatic rings. The van der Waals surface area contributed by atoms with Crippen LogP contribution in [-0.2, 0) is 4.79 Å². The van der Waals surface area contributed by atoms with Crippen LogP contribution in [0.4, 0.5) is 0 Å². The Kier molecular flexibility index (Phi) is 55.2. The number of allylic oxidation sites excluding steroid dienone is 8. The topological polar surface area (TPSA) is 69.6 Å². The fourth-order valence-electron chi connectivity index (χ4n) is 9.18. The van der Waals surface area contributed by atoms with Gasteiger partial charge in [0.15, 0.2) is 0 Å². The Morgan fingerprint density at radius 1 is 0.385 bits per heavy atom. The molecule has 0 aromatic carbocycles. The van der Waals surface area contributed by atoms with Crippen LogP contribution in [0.2, 0.25) is 0 Å². The molecule has 2 atom stereocenters. The molecule has 0 heterocycles. The van der Waals surface area contributed by atoms with E-state index in [-0.39, 0.29) is 12.5 Å². The standard InChI is InChI=1S/C61H115NO3/c1-3-5-7-9-11-13-15-17-19-21-22-23-24-25-26-27-28-29-30-31-32-33-34-35-36-37-38-39-40-41-43-45-47-49-51-53-55-57-61(65)62-59(58-63)60(64)56-54-52-50-48-46-44-42-20-18-16-14-12-10-8-6-4-2/h5,7,11,13,17,19,22-23,59-60,63-64H,3-4,6,8-10,12,14-16,18,20-21,24-58H2,1-2H3,(H,62,65)/b7-5-,13-11-,19-17-,23-22-. The quantitative estimate of drug-likeness (QED) is 0.0421. The van der Waals surface area contributed by atoms with E-state index >= 15 is 0 Å². The number of aliphatic hydroxyl groups is 2. The summed E-state index contributed by atoms with van der Waals surface area (Å²) in [6.45, 7) is 4.27. The molecule has 4 heteroatoms. The molecule has 1 amide bonds. The third-order valence-electron chi connectivity index (χ3n) is 13.6. The first kappa shape index (κ1) is 63.4. The lowest BCUT2D eigenvalue weighted by atomic mass is 10.0. The van der Waals surface area contributed by atoms with Gasteiger partial charge in [0, 0.05) is 6.42 Å². The van der Waals surface area contributed by atoms with Gasteiger partial charge in [-0.2, -0.15) is 0 Å². The van der Waals surface area contributed by atoms with Crippen molar-refractivity contribution in [2.24, 2.45) is 0 Å². The van der Waals surface area contributed by atoms with Gasteiger partial charge >= 0.3 is 0 Å². The molecule has 65 heavy (non-hydrogen) atoms. The van der Waals surface area contributed by atoms with Gasteiger partial charge < -0.3 is 15.5 Å². The molecule has 0 spiro atoms. The molecule has 0 aliphatic heterocycles. The van der Waals surface area contributed by atoms with Crippen LogP contribution in [0.25, 0.3) is 0 Å². The van der Waals surface area contributed by atoms with E-state index in [1.807, 2.05) is 0 Å². The predicted octanol–water partition coefficient (Wildman–Crippen LogP) is 19.4. The van der Waals surface area contributed by atoms with E-state index in [4.69, 9.17) is 0 Å². The number of carbonyl (C=O) groups excluding carboxylic acids is 1. The lowest BCUT2D eigenvalue weighted by Gasteiger charge is -2.22. The summed E-state index contributed by atoms with van der Waals surface area (Å²) in [6.07, 6.45) is 78.3. The van der Waals surface area contributed by atoms with Gasteiger partial charge in [-0.05, 0) is 51.4 Å². The van der Waals surface area contributed by atoms with E-state index in [2.05, 4.69) is 67.8 Å². The molecule has 4 nitrogen and oxygen atoms in total. The minimum Gasteiger partial charge on any atom is -0.394 e. The van der Waals surface area contributed by atoms with Crippen LogP contribution in [0.5, 0.6) is 0 Å². The van der Waals surface area contributed by atoms with Crippen molar-refractivity contribution in [3.05, 3.63) is 48.6 Å². The molecule has 0 radical (unpaired) electrons. The highest BCUT2D eigenvalue weighted by Gasteiger charge is 2.20. The maximum Gasteiger partial charge on any atom is 0.220 e. The second-order valence-electron chi connectivity index (χ2n) is 20.0. The first-order valence-electron chi connectivity index (χ1n) is 29.3. The summed E-state index contributed by atoms with van der Waals surface area (Å²) in [5.41, 5.74) is 0. The highest BCUT2D eigenvalue weighted by atomic mass is 16.3. The van der Waals surface area contributed by atoms with Crippen LogP contribution in [-0.4, -0.2) is 34.9 Å².